The molecular weight excluding hydrogens is 218 g/mol. The maximum Gasteiger partial charge on any atom is 0.363 e. The van der Waals surface area contributed by atoms with Gasteiger partial charge in [0.2, 0.25) is 0 Å². The first-order valence-electron chi connectivity index (χ1n) is 5.38. The average Bonchev–Trinajstić information content (AvgIpc) is 2.57. The quantitative estimate of drug-likeness (QED) is 0.783. The highest BCUT2D eigenvalue weighted by Crippen LogP contribution is 2.27. The van der Waals surface area contributed by atoms with Crippen molar-refractivity contribution in [2.75, 3.05) is 0 Å². The third-order valence-corrected chi connectivity index (χ3v) is 2.72. The molecule has 0 aromatic heterocycles. The van der Waals surface area contributed by atoms with Crippen molar-refractivity contribution >= 4 is 11.9 Å². The van der Waals surface area contributed by atoms with Gasteiger partial charge in [0, 0.05) is 12.3 Å². The number of hydrogen-bond donors (Lipinski definition) is 0. The van der Waals surface area contributed by atoms with Crippen molar-refractivity contribution in [3.8, 4) is 0 Å². The van der Waals surface area contributed by atoms with Crippen LogP contribution in [0, 0.1) is 5.92 Å². The highest BCUT2D eigenvalue weighted by Gasteiger charge is 2.34. The summed E-state index contributed by atoms with van der Waals surface area (Å²) in [7, 11) is 0. The molecule has 1 heterocycles. The van der Waals surface area contributed by atoms with Crippen molar-refractivity contribution in [3.05, 3.63) is 48.2 Å². The fraction of sp³-hybridized carbons (Fsp3) is 0.231. The minimum absolute atomic E-state index is 0.0195. The molecule has 1 aliphatic heterocycles. The average molecular weight is 231 g/mol. The Bertz CT molecular complexity index is 467. The van der Waals surface area contributed by atoms with Gasteiger partial charge in [0.15, 0.2) is 0 Å². The first-order chi connectivity index (χ1) is 8.09. The predicted octanol–water partition coefficient (Wildman–Crippen LogP) is 2.14. The molecule has 1 saturated heterocycles. The summed E-state index contributed by atoms with van der Waals surface area (Å²) in [6.45, 7) is 5.61. The van der Waals surface area contributed by atoms with Crippen LogP contribution in [0.5, 0.6) is 0 Å². The van der Waals surface area contributed by atoms with Crippen LogP contribution in [0.4, 0.5) is 0 Å². The van der Waals surface area contributed by atoms with Gasteiger partial charge in [-0.2, -0.15) is 0 Å². The molecule has 88 valence electrons. The van der Waals surface area contributed by atoms with Gasteiger partial charge in [0.1, 0.15) is 0 Å². The second-order valence-electron chi connectivity index (χ2n) is 4.03. The van der Waals surface area contributed by atoms with Gasteiger partial charge in [0.05, 0.1) is 11.3 Å². The summed E-state index contributed by atoms with van der Waals surface area (Å²) in [5.74, 6) is -0.757. The Hall–Kier alpha value is -2.10. The maximum atomic E-state index is 11.7. The summed E-state index contributed by atoms with van der Waals surface area (Å²) < 4.78 is 0. The molecule has 1 fully saturated rings. The molecular formula is C13H13NO3. The summed E-state index contributed by atoms with van der Waals surface area (Å²) in [6.07, 6.45) is 0.334. The zero-order chi connectivity index (χ0) is 12.4. The Balaban J connectivity index is 2.10. The molecule has 1 unspecified atom stereocenters. The van der Waals surface area contributed by atoms with Crippen LogP contribution in [0.3, 0.4) is 0 Å². The number of hydroxylamine groups is 2. The summed E-state index contributed by atoms with van der Waals surface area (Å²) in [6, 6.07) is 8.54. The van der Waals surface area contributed by atoms with Gasteiger partial charge >= 0.3 is 5.97 Å². The van der Waals surface area contributed by atoms with Crippen LogP contribution < -0.4 is 0 Å². The van der Waals surface area contributed by atoms with E-state index in [-0.39, 0.29) is 11.8 Å². The lowest BCUT2D eigenvalue weighted by molar-refractivity contribution is -0.153. The Kier molecular flexibility index (Phi) is 2.95. The van der Waals surface area contributed by atoms with Gasteiger partial charge in [-0.05, 0) is 12.1 Å². The lowest BCUT2D eigenvalue weighted by atomic mass is 10.1. The molecule has 0 bridgehead atoms. The van der Waals surface area contributed by atoms with E-state index in [0.717, 1.165) is 5.06 Å². The van der Waals surface area contributed by atoms with E-state index < -0.39 is 5.97 Å². The van der Waals surface area contributed by atoms with Gasteiger partial charge in [-0.1, -0.05) is 31.7 Å². The molecule has 0 radical (unpaired) electrons. The molecule has 1 aliphatic rings. The largest absolute Gasteiger partial charge is 0.363 e. The standard InChI is InChI=1S/C13H13NO3/c1-9-8-12(15)14(10(9)2)17-13(16)11-6-4-3-5-7-11/h3-7,9H,2,8H2,1H3. The van der Waals surface area contributed by atoms with Crippen LogP contribution in [-0.4, -0.2) is 16.9 Å². The second kappa shape index (κ2) is 4.41. The molecule has 1 amide bonds. The normalized spacial score (nSPS) is 19.6. The number of benzene rings is 1. The van der Waals surface area contributed by atoms with E-state index in [9.17, 15) is 9.59 Å². The highest BCUT2D eigenvalue weighted by molar-refractivity contribution is 5.91. The van der Waals surface area contributed by atoms with Crippen molar-refractivity contribution in [3.63, 3.8) is 0 Å². The molecule has 0 spiro atoms. The minimum Gasteiger partial charge on any atom is -0.328 e. The number of nitrogens with zero attached hydrogens (tertiary/aromatic N) is 1. The summed E-state index contributed by atoms with van der Waals surface area (Å²) in [5, 5.41) is 1.000. The number of hydrogen-bond acceptors (Lipinski definition) is 3. The smallest absolute Gasteiger partial charge is 0.328 e. The van der Waals surface area contributed by atoms with Gasteiger partial charge in [-0.3, -0.25) is 4.79 Å². The SMILES string of the molecule is C=C1C(C)CC(=O)N1OC(=O)c1ccccc1. The van der Waals surface area contributed by atoms with Gasteiger partial charge in [-0.15, -0.1) is 5.06 Å². The fourth-order valence-electron chi connectivity index (χ4n) is 1.64. The van der Waals surface area contributed by atoms with E-state index in [1.54, 1.807) is 30.3 Å². The van der Waals surface area contributed by atoms with E-state index in [2.05, 4.69) is 6.58 Å². The molecule has 4 nitrogen and oxygen atoms in total. The second-order valence-corrected chi connectivity index (χ2v) is 4.03. The number of allylic oxidation sites excluding steroid dienone is 1. The molecule has 1 aromatic rings. The molecule has 4 heteroatoms. The first-order valence-corrected chi connectivity index (χ1v) is 5.38. The van der Waals surface area contributed by atoms with Crippen LogP contribution in [0.1, 0.15) is 23.7 Å². The van der Waals surface area contributed by atoms with Gasteiger partial charge in [0.25, 0.3) is 5.91 Å². The molecule has 0 N–H and O–H groups in total. The molecule has 0 saturated carbocycles. The van der Waals surface area contributed by atoms with Crippen molar-refractivity contribution in [2.24, 2.45) is 5.92 Å². The summed E-state index contributed by atoms with van der Waals surface area (Å²) in [5.41, 5.74) is 0.937. The monoisotopic (exact) mass is 231 g/mol. The third-order valence-electron chi connectivity index (χ3n) is 2.72. The minimum atomic E-state index is -0.547. The predicted molar refractivity (Wildman–Crippen MR) is 61.6 cm³/mol. The Morgan fingerprint density at radius 2 is 2.06 bits per heavy atom. The van der Waals surface area contributed by atoms with Crippen LogP contribution in [-0.2, 0) is 9.63 Å². The van der Waals surface area contributed by atoms with E-state index >= 15 is 0 Å². The zero-order valence-electron chi connectivity index (χ0n) is 9.55. The first kappa shape index (κ1) is 11.4. The van der Waals surface area contributed by atoms with E-state index in [1.807, 2.05) is 6.92 Å². The highest BCUT2D eigenvalue weighted by atomic mass is 16.7. The van der Waals surface area contributed by atoms with E-state index in [4.69, 9.17) is 4.84 Å². The third kappa shape index (κ3) is 2.20. The van der Waals surface area contributed by atoms with Gasteiger partial charge in [-0.25, -0.2) is 4.79 Å². The lowest BCUT2D eigenvalue weighted by Crippen LogP contribution is -2.27. The number of carbonyl (C=O) groups is 2. The fourth-order valence-corrected chi connectivity index (χ4v) is 1.64. The molecule has 17 heavy (non-hydrogen) atoms. The summed E-state index contributed by atoms with van der Waals surface area (Å²) in [4.78, 5) is 28.3. The molecule has 2 rings (SSSR count). The van der Waals surface area contributed by atoms with Crippen LogP contribution in [0.2, 0.25) is 0 Å². The van der Waals surface area contributed by atoms with Gasteiger partial charge < -0.3 is 4.84 Å². The maximum absolute atomic E-state index is 11.7. The topological polar surface area (TPSA) is 46.6 Å². The van der Waals surface area contributed by atoms with Crippen molar-refractivity contribution in [1.29, 1.82) is 0 Å². The number of carbonyl (C=O) groups excluding carboxylic acids is 2. The Labute approximate surface area is 99.4 Å². The van der Waals surface area contributed by atoms with Crippen LogP contribution in [0.25, 0.3) is 0 Å². The molecule has 1 aromatic carbocycles. The van der Waals surface area contributed by atoms with Crippen molar-refractivity contribution in [1.82, 2.24) is 5.06 Å². The van der Waals surface area contributed by atoms with Crippen molar-refractivity contribution in [2.45, 2.75) is 13.3 Å². The number of amides is 1. The Morgan fingerprint density at radius 3 is 2.59 bits per heavy atom. The van der Waals surface area contributed by atoms with Crippen LogP contribution >= 0.6 is 0 Å². The Morgan fingerprint density at radius 1 is 1.41 bits per heavy atom. The lowest BCUT2D eigenvalue weighted by Gasteiger charge is -2.16. The molecule has 0 aliphatic carbocycles. The number of rotatable bonds is 2. The van der Waals surface area contributed by atoms with E-state index in [1.165, 1.54) is 0 Å². The van der Waals surface area contributed by atoms with E-state index in [0.29, 0.717) is 17.7 Å². The summed E-state index contributed by atoms with van der Waals surface area (Å²) >= 11 is 0. The molecule has 1 atom stereocenters. The van der Waals surface area contributed by atoms with Crippen molar-refractivity contribution < 1.29 is 14.4 Å². The zero-order valence-corrected chi connectivity index (χ0v) is 9.55. The van der Waals surface area contributed by atoms with Crippen LogP contribution in [0.15, 0.2) is 42.6 Å².